The van der Waals surface area contributed by atoms with Gasteiger partial charge in [0.25, 0.3) is 5.69 Å². The molecule has 20 heavy (non-hydrogen) atoms. The molecule has 2 rings (SSSR count). The SMILES string of the molecule is CC(Nc1ccc(Br)cc1[N+](=O)[O-])c1ccc(F)cn1. The van der Waals surface area contributed by atoms with Crippen LogP contribution in [0.2, 0.25) is 0 Å². The largest absolute Gasteiger partial charge is 0.371 e. The Bertz CT molecular complexity index is 634. The number of anilines is 1. The van der Waals surface area contributed by atoms with E-state index in [2.05, 4.69) is 26.2 Å². The van der Waals surface area contributed by atoms with Crippen LogP contribution in [0.1, 0.15) is 18.7 Å². The van der Waals surface area contributed by atoms with Crippen molar-refractivity contribution in [2.45, 2.75) is 13.0 Å². The van der Waals surface area contributed by atoms with Crippen molar-refractivity contribution in [2.24, 2.45) is 0 Å². The maximum atomic E-state index is 12.8. The number of nitrogens with zero attached hydrogens (tertiary/aromatic N) is 2. The van der Waals surface area contributed by atoms with Crippen LogP contribution in [0.5, 0.6) is 0 Å². The van der Waals surface area contributed by atoms with E-state index in [1.165, 1.54) is 18.2 Å². The molecule has 0 aliphatic heterocycles. The second kappa shape index (κ2) is 5.96. The van der Waals surface area contributed by atoms with Gasteiger partial charge in [-0.3, -0.25) is 15.1 Å². The number of hydrogen-bond donors (Lipinski definition) is 1. The van der Waals surface area contributed by atoms with Crippen LogP contribution >= 0.6 is 15.9 Å². The van der Waals surface area contributed by atoms with E-state index in [0.717, 1.165) is 6.20 Å². The summed E-state index contributed by atoms with van der Waals surface area (Å²) in [6, 6.07) is 7.31. The quantitative estimate of drug-likeness (QED) is 0.673. The summed E-state index contributed by atoms with van der Waals surface area (Å²) in [5, 5.41) is 14.0. The molecule has 5 nitrogen and oxygen atoms in total. The van der Waals surface area contributed by atoms with Gasteiger partial charge in [-0.05, 0) is 31.2 Å². The zero-order chi connectivity index (χ0) is 14.7. The minimum atomic E-state index is -0.460. The number of rotatable bonds is 4. The van der Waals surface area contributed by atoms with Crippen LogP contribution in [0.4, 0.5) is 15.8 Å². The molecule has 0 aliphatic rings. The topological polar surface area (TPSA) is 68.1 Å². The number of hydrogen-bond acceptors (Lipinski definition) is 4. The zero-order valence-corrected chi connectivity index (χ0v) is 12.1. The van der Waals surface area contributed by atoms with E-state index >= 15 is 0 Å². The third kappa shape index (κ3) is 3.30. The summed E-state index contributed by atoms with van der Waals surface area (Å²) in [7, 11) is 0. The number of nitro groups is 1. The maximum absolute atomic E-state index is 12.8. The van der Waals surface area contributed by atoms with Gasteiger partial charge in [0.1, 0.15) is 11.5 Å². The fourth-order valence-electron chi connectivity index (χ4n) is 1.73. The molecule has 1 N–H and O–H groups in total. The van der Waals surface area contributed by atoms with Gasteiger partial charge >= 0.3 is 0 Å². The predicted octanol–water partition coefficient (Wildman–Crippen LogP) is 4.06. The Labute approximate surface area is 123 Å². The molecule has 104 valence electrons. The van der Waals surface area contributed by atoms with Gasteiger partial charge in [-0.1, -0.05) is 15.9 Å². The third-order valence-corrected chi connectivity index (χ3v) is 3.22. The van der Waals surface area contributed by atoms with Gasteiger partial charge in [0, 0.05) is 10.5 Å². The molecule has 1 heterocycles. The Hall–Kier alpha value is -2.02. The molecule has 1 aromatic carbocycles. The van der Waals surface area contributed by atoms with Gasteiger partial charge < -0.3 is 5.32 Å². The number of benzene rings is 1. The van der Waals surface area contributed by atoms with Gasteiger partial charge in [-0.15, -0.1) is 0 Å². The van der Waals surface area contributed by atoms with Crippen LogP contribution in [-0.4, -0.2) is 9.91 Å². The van der Waals surface area contributed by atoms with E-state index in [9.17, 15) is 14.5 Å². The average molecular weight is 340 g/mol. The van der Waals surface area contributed by atoms with Crippen molar-refractivity contribution in [2.75, 3.05) is 5.32 Å². The lowest BCUT2D eigenvalue weighted by Crippen LogP contribution is -2.10. The minimum Gasteiger partial charge on any atom is -0.371 e. The summed E-state index contributed by atoms with van der Waals surface area (Å²) in [4.78, 5) is 14.5. The highest BCUT2D eigenvalue weighted by Gasteiger charge is 2.17. The predicted molar refractivity (Wildman–Crippen MR) is 77.0 cm³/mol. The van der Waals surface area contributed by atoms with E-state index in [0.29, 0.717) is 15.9 Å². The number of halogens is 2. The molecular formula is C13H11BrFN3O2. The van der Waals surface area contributed by atoms with Crippen LogP contribution in [0.3, 0.4) is 0 Å². The summed E-state index contributed by atoms with van der Waals surface area (Å²) >= 11 is 3.20. The number of nitrogens with one attached hydrogen (secondary N) is 1. The van der Waals surface area contributed by atoms with E-state index < -0.39 is 10.7 Å². The van der Waals surface area contributed by atoms with E-state index in [1.54, 1.807) is 19.1 Å². The van der Waals surface area contributed by atoms with Gasteiger partial charge in [0.15, 0.2) is 0 Å². The minimum absolute atomic E-state index is 0.0339. The summed E-state index contributed by atoms with van der Waals surface area (Å²) in [5.41, 5.74) is 0.953. The Kier molecular flexibility index (Phi) is 4.29. The van der Waals surface area contributed by atoms with Crippen molar-refractivity contribution in [1.29, 1.82) is 0 Å². The standard InChI is InChI=1S/C13H11BrFN3O2/c1-8(11-5-3-10(15)7-16-11)17-12-4-2-9(14)6-13(12)18(19)20/h2-8,17H,1H3. The van der Waals surface area contributed by atoms with Crippen LogP contribution in [0, 0.1) is 15.9 Å². The molecule has 2 aromatic rings. The van der Waals surface area contributed by atoms with Gasteiger partial charge in [0.2, 0.25) is 0 Å². The molecule has 7 heteroatoms. The Morgan fingerprint density at radius 3 is 2.75 bits per heavy atom. The van der Waals surface area contributed by atoms with Crippen molar-refractivity contribution >= 4 is 27.3 Å². The maximum Gasteiger partial charge on any atom is 0.293 e. The molecule has 0 aliphatic carbocycles. The van der Waals surface area contributed by atoms with Crippen LogP contribution in [0.15, 0.2) is 41.0 Å². The Morgan fingerprint density at radius 1 is 1.40 bits per heavy atom. The normalized spacial score (nSPS) is 11.9. The first kappa shape index (κ1) is 14.4. The molecule has 0 saturated carbocycles. The molecule has 0 bridgehead atoms. The van der Waals surface area contributed by atoms with Crippen LogP contribution in [0.25, 0.3) is 0 Å². The third-order valence-electron chi connectivity index (χ3n) is 2.72. The molecule has 0 spiro atoms. The lowest BCUT2D eigenvalue weighted by atomic mass is 10.2. The molecule has 0 saturated heterocycles. The smallest absolute Gasteiger partial charge is 0.293 e. The summed E-state index contributed by atoms with van der Waals surface area (Å²) in [6.45, 7) is 1.80. The molecule has 1 aromatic heterocycles. The molecule has 0 radical (unpaired) electrons. The highest BCUT2D eigenvalue weighted by atomic mass is 79.9. The van der Waals surface area contributed by atoms with Crippen molar-refractivity contribution in [1.82, 2.24) is 4.98 Å². The van der Waals surface area contributed by atoms with Gasteiger partial charge in [0.05, 0.1) is 22.9 Å². The first-order chi connectivity index (χ1) is 9.47. The molecule has 1 atom stereocenters. The first-order valence-electron chi connectivity index (χ1n) is 5.79. The van der Waals surface area contributed by atoms with Crippen molar-refractivity contribution in [3.05, 3.63) is 62.6 Å². The lowest BCUT2D eigenvalue weighted by molar-refractivity contribution is -0.384. The van der Waals surface area contributed by atoms with Gasteiger partial charge in [-0.2, -0.15) is 0 Å². The molecule has 0 amide bonds. The van der Waals surface area contributed by atoms with Gasteiger partial charge in [-0.25, -0.2) is 4.39 Å². The van der Waals surface area contributed by atoms with E-state index in [4.69, 9.17) is 0 Å². The number of aromatic nitrogens is 1. The van der Waals surface area contributed by atoms with E-state index in [-0.39, 0.29) is 11.7 Å². The van der Waals surface area contributed by atoms with Crippen molar-refractivity contribution in [3.63, 3.8) is 0 Å². The second-order valence-corrected chi connectivity index (χ2v) is 5.10. The molecular weight excluding hydrogens is 329 g/mol. The fraction of sp³-hybridized carbons (Fsp3) is 0.154. The summed E-state index contributed by atoms with van der Waals surface area (Å²) in [5.74, 6) is -0.421. The number of pyridine rings is 1. The molecule has 0 fully saturated rings. The fourth-order valence-corrected chi connectivity index (χ4v) is 2.08. The lowest BCUT2D eigenvalue weighted by Gasteiger charge is -2.14. The van der Waals surface area contributed by atoms with Crippen molar-refractivity contribution < 1.29 is 9.31 Å². The monoisotopic (exact) mass is 339 g/mol. The molecule has 1 unspecified atom stereocenters. The second-order valence-electron chi connectivity index (χ2n) is 4.19. The Morgan fingerprint density at radius 2 is 2.15 bits per heavy atom. The number of nitro benzene ring substituents is 1. The average Bonchev–Trinajstić information content (AvgIpc) is 2.41. The summed E-state index contributed by atoms with van der Waals surface area (Å²) < 4.78 is 13.4. The summed E-state index contributed by atoms with van der Waals surface area (Å²) in [6.07, 6.45) is 1.11. The highest BCUT2D eigenvalue weighted by molar-refractivity contribution is 9.10. The van der Waals surface area contributed by atoms with E-state index in [1.807, 2.05) is 0 Å². The zero-order valence-electron chi connectivity index (χ0n) is 10.5. The first-order valence-corrected chi connectivity index (χ1v) is 6.58. The van der Waals surface area contributed by atoms with Crippen LogP contribution < -0.4 is 5.32 Å². The Balaban J connectivity index is 2.25. The highest BCUT2D eigenvalue weighted by Crippen LogP contribution is 2.30. The van der Waals surface area contributed by atoms with Crippen molar-refractivity contribution in [3.8, 4) is 0 Å². The van der Waals surface area contributed by atoms with Crippen LogP contribution in [-0.2, 0) is 0 Å².